The smallest absolute Gasteiger partial charge is 0.0496 e. The van der Waals surface area contributed by atoms with Gasteiger partial charge in [0, 0.05) is 12.1 Å². The monoisotopic (exact) mass is 258 g/mol. The number of rotatable bonds is 3. The van der Waals surface area contributed by atoms with E-state index in [2.05, 4.69) is 42.5 Å². The number of benzene rings is 1. The van der Waals surface area contributed by atoms with Crippen LogP contribution in [0.3, 0.4) is 0 Å². The lowest BCUT2D eigenvalue weighted by atomic mass is 9.90. The molecule has 19 heavy (non-hydrogen) atoms. The third-order valence-corrected chi connectivity index (χ3v) is 4.75. The van der Waals surface area contributed by atoms with Crippen LogP contribution in [0.25, 0.3) is 0 Å². The standard InChI is InChI=1S/C17H26N2/c1-19(2)17(16-8-3-4-11-18-16)15-10-9-13-6-5-7-14(13)12-15/h9-10,12,16-18H,3-8,11H2,1-2H3. The summed E-state index contributed by atoms with van der Waals surface area (Å²) < 4.78 is 0. The summed E-state index contributed by atoms with van der Waals surface area (Å²) in [6.45, 7) is 1.18. The molecule has 3 rings (SSSR count). The summed E-state index contributed by atoms with van der Waals surface area (Å²) in [5, 5.41) is 3.73. The van der Waals surface area contributed by atoms with Crippen molar-refractivity contribution in [2.24, 2.45) is 0 Å². The molecule has 2 nitrogen and oxygen atoms in total. The Bertz CT molecular complexity index is 433. The fourth-order valence-electron chi connectivity index (χ4n) is 3.81. The summed E-state index contributed by atoms with van der Waals surface area (Å²) >= 11 is 0. The van der Waals surface area contributed by atoms with E-state index in [9.17, 15) is 0 Å². The van der Waals surface area contributed by atoms with E-state index in [4.69, 9.17) is 0 Å². The highest BCUT2D eigenvalue weighted by molar-refractivity contribution is 5.37. The summed E-state index contributed by atoms with van der Waals surface area (Å²) in [5.41, 5.74) is 4.68. The molecule has 1 heterocycles. The Labute approximate surface area is 117 Å². The molecule has 0 bridgehead atoms. The highest BCUT2D eigenvalue weighted by Crippen LogP contribution is 2.31. The molecule has 1 aromatic carbocycles. The minimum atomic E-state index is 0.520. The largest absolute Gasteiger partial charge is 0.312 e. The molecule has 1 aromatic rings. The van der Waals surface area contributed by atoms with Gasteiger partial charge in [0.05, 0.1) is 0 Å². The van der Waals surface area contributed by atoms with Crippen LogP contribution < -0.4 is 5.32 Å². The van der Waals surface area contributed by atoms with Crippen LogP contribution in [0.5, 0.6) is 0 Å². The Morgan fingerprint density at radius 2 is 1.95 bits per heavy atom. The van der Waals surface area contributed by atoms with Gasteiger partial charge in [-0.15, -0.1) is 0 Å². The van der Waals surface area contributed by atoms with Gasteiger partial charge in [0.1, 0.15) is 0 Å². The average molecular weight is 258 g/mol. The third-order valence-electron chi connectivity index (χ3n) is 4.75. The van der Waals surface area contributed by atoms with Gasteiger partial charge in [0.15, 0.2) is 0 Å². The van der Waals surface area contributed by atoms with Crippen molar-refractivity contribution in [1.29, 1.82) is 0 Å². The summed E-state index contributed by atoms with van der Waals surface area (Å²) in [7, 11) is 4.43. The zero-order chi connectivity index (χ0) is 13.2. The van der Waals surface area contributed by atoms with Crippen molar-refractivity contribution in [2.75, 3.05) is 20.6 Å². The van der Waals surface area contributed by atoms with Crippen LogP contribution in [-0.2, 0) is 12.8 Å². The van der Waals surface area contributed by atoms with E-state index in [1.807, 2.05) is 0 Å². The summed E-state index contributed by atoms with van der Waals surface area (Å²) in [6, 6.07) is 8.35. The number of piperidine rings is 1. The van der Waals surface area contributed by atoms with Crippen molar-refractivity contribution in [3.05, 3.63) is 34.9 Å². The maximum absolute atomic E-state index is 3.73. The van der Waals surface area contributed by atoms with E-state index in [-0.39, 0.29) is 0 Å². The van der Waals surface area contributed by atoms with Crippen molar-refractivity contribution in [2.45, 2.75) is 50.6 Å². The first-order valence-electron chi connectivity index (χ1n) is 7.77. The highest BCUT2D eigenvalue weighted by Gasteiger charge is 2.27. The first kappa shape index (κ1) is 13.1. The fraction of sp³-hybridized carbons (Fsp3) is 0.647. The minimum Gasteiger partial charge on any atom is -0.312 e. The molecule has 2 atom stereocenters. The van der Waals surface area contributed by atoms with Gasteiger partial charge in [0.25, 0.3) is 0 Å². The second kappa shape index (κ2) is 5.64. The Kier molecular flexibility index (Phi) is 3.90. The molecule has 1 aliphatic carbocycles. The summed E-state index contributed by atoms with van der Waals surface area (Å²) in [6.07, 6.45) is 7.91. The normalized spacial score (nSPS) is 24.5. The van der Waals surface area contributed by atoms with E-state index in [1.165, 1.54) is 50.6 Å². The molecular weight excluding hydrogens is 232 g/mol. The van der Waals surface area contributed by atoms with Crippen LogP contribution in [-0.4, -0.2) is 31.6 Å². The van der Waals surface area contributed by atoms with Gasteiger partial charge in [-0.05, 0) is 69.4 Å². The lowest BCUT2D eigenvalue weighted by Crippen LogP contribution is -2.44. The van der Waals surface area contributed by atoms with Gasteiger partial charge < -0.3 is 10.2 Å². The maximum Gasteiger partial charge on any atom is 0.0496 e. The number of likely N-dealkylation sites (N-methyl/N-ethyl adjacent to an activating group) is 1. The van der Waals surface area contributed by atoms with E-state index in [0.29, 0.717) is 12.1 Å². The molecule has 1 aliphatic heterocycles. The second-order valence-electron chi connectivity index (χ2n) is 6.35. The van der Waals surface area contributed by atoms with Crippen molar-refractivity contribution >= 4 is 0 Å². The van der Waals surface area contributed by atoms with Gasteiger partial charge in [-0.3, -0.25) is 0 Å². The van der Waals surface area contributed by atoms with Crippen LogP contribution in [0.1, 0.15) is 48.4 Å². The molecule has 0 amide bonds. The van der Waals surface area contributed by atoms with Crippen LogP contribution in [0.4, 0.5) is 0 Å². The quantitative estimate of drug-likeness (QED) is 0.897. The zero-order valence-electron chi connectivity index (χ0n) is 12.3. The van der Waals surface area contributed by atoms with Gasteiger partial charge in [-0.25, -0.2) is 0 Å². The van der Waals surface area contributed by atoms with Gasteiger partial charge in [0.2, 0.25) is 0 Å². The molecular formula is C17H26N2. The van der Waals surface area contributed by atoms with E-state index >= 15 is 0 Å². The SMILES string of the molecule is CN(C)C(c1ccc2c(c1)CCC2)C1CCCCN1. The fourth-order valence-corrected chi connectivity index (χ4v) is 3.81. The molecule has 104 valence electrons. The van der Waals surface area contributed by atoms with Gasteiger partial charge in [-0.1, -0.05) is 24.6 Å². The van der Waals surface area contributed by atoms with Crippen LogP contribution in [0.2, 0.25) is 0 Å². The Morgan fingerprint density at radius 1 is 1.11 bits per heavy atom. The third kappa shape index (κ3) is 2.70. The van der Waals surface area contributed by atoms with Crippen LogP contribution >= 0.6 is 0 Å². The number of aryl methyl sites for hydroxylation is 2. The van der Waals surface area contributed by atoms with E-state index in [1.54, 1.807) is 11.1 Å². The minimum absolute atomic E-state index is 0.520. The molecule has 2 unspecified atom stereocenters. The number of nitrogens with one attached hydrogen (secondary N) is 1. The first-order chi connectivity index (χ1) is 9.25. The highest BCUT2D eigenvalue weighted by atomic mass is 15.1. The Morgan fingerprint density at radius 3 is 2.68 bits per heavy atom. The zero-order valence-corrected chi connectivity index (χ0v) is 12.3. The summed E-state index contributed by atoms with van der Waals surface area (Å²) in [4.78, 5) is 2.39. The number of hydrogen-bond donors (Lipinski definition) is 1. The lowest BCUT2D eigenvalue weighted by Gasteiger charge is -2.36. The van der Waals surface area contributed by atoms with E-state index < -0.39 is 0 Å². The molecule has 2 heteroatoms. The topological polar surface area (TPSA) is 15.3 Å². The van der Waals surface area contributed by atoms with Crippen molar-refractivity contribution in [3.8, 4) is 0 Å². The average Bonchev–Trinajstić information content (AvgIpc) is 2.87. The Hall–Kier alpha value is -0.860. The van der Waals surface area contributed by atoms with Crippen LogP contribution in [0.15, 0.2) is 18.2 Å². The molecule has 0 radical (unpaired) electrons. The predicted octanol–water partition coefficient (Wildman–Crippen LogP) is 2.92. The summed E-state index contributed by atoms with van der Waals surface area (Å²) in [5.74, 6) is 0. The van der Waals surface area contributed by atoms with Gasteiger partial charge >= 0.3 is 0 Å². The molecule has 0 saturated carbocycles. The molecule has 0 aromatic heterocycles. The number of fused-ring (bicyclic) bond motifs is 1. The lowest BCUT2D eigenvalue weighted by molar-refractivity contribution is 0.205. The van der Waals surface area contributed by atoms with Crippen molar-refractivity contribution in [1.82, 2.24) is 10.2 Å². The van der Waals surface area contributed by atoms with Crippen LogP contribution in [0, 0.1) is 0 Å². The van der Waals surface area contributed by atoms with Gasteiger partial charge in [-0.2, -0.15) is 0 Å². The predicted molar refractivity (Wildman–Crippen MR) is 80.5 cm³/mol. The molecule has 0 spiro atoms. The molecule has 1 saturated heterocycles. The van der Waals surface area contributed by atoms with E-state index in [0.717, 1.165) is 0 Å². The maximum atomic E-state index is 3.73. The molecule has 2 aliphatic rings. The first-order valence-corrected chi connectivity index (χ1v) is 7.77. The number of hydrogen-bond acceptors (Lipinski definition) is 2. The van der Waals surface area contributed by atoms with Crippen molar-refractivity contribution < 1.29 is 0 Å². The Balaban J connectivity index is 1.87. The number of nitrogens with zero attached hydrogens (tertiary/aromatic N) is 1. The van der Waals surface area contributed by atoms with Crippen molar-refractivity contribution in [3.63, 3.8) is 0 Å². The molecule has 1 fully saturated rings. The molecule has 1 N–H and O–H groups in total. The second-order valence-corrected chi connectivity index (χ2v) is 6.35.